The average molecular weight is 666 g/mol. The van der Waals surface area contributed by atoms with Crippen molar-refractivity contribution in [1.29, 1.82) is 0 Å². The number of Topliss-reactive ketones (excluding diaryl/α,β-unsaturated/α-hetero) is 1. The van der Waals surface area contributed by atoms with Gasteiger partial charge >= 0.3 is 5.97 Å². The van der Waals surface area contributed by atoms with E-state index in [9.17, 15) is 39.9 Å². The van der Waals surface area contributed by atoms with Gasteiger partial charge in [0.05, 0.1) is 42.0 Å². The highest BCUT2D eigenvalue weighted by Gasteiger charge is 2.51. The molecule has 2 aliphatic rings. The normalized spacial score (nSPS) is 42.7. The van der Waals surface area contributed by atoms with E-state index in [0.29, 0.717) is 12.0 Å². The molecule has 1 amide bonds. The van der Waals surface area contributed by atoms with Crippen molar-refractivity contribution in [1.82, 2.24) is 4.90 Å². The van der Waals surface area contributed by atoms with Gasteiger partial charge in [-0.15, -0.1) is 0 Å². The van der Waals surface area contributed by atoms with Crippen molar-refractivity contribution in [2.75, 3.05) is 7.05 Å². The van der Waals surface area contributed by atoms with Crippen LogP contribution >= 0.6 is 0 Å². The van der Waals surface area contributed by atoms with Crippen molar-refractivity contribution < 1.29 is 54.1 Å². The highest BCUT2D eigenvalue weighted by Crippen LogP contribution is 2.38. The van der Waals surface area contributed by atoms with Gasteiger partial charge in [0, 0.05) is 30.4 Å². The van der Waals surface area contributed by atoms with E-state index in [1.807, 2.05) is 0 Å². The molecule has 0 aliphatic carbocycles. The first-order chi connectivity index (χ1) is 21.8. The summed E-state index contributed by atoms with van der Waals surface area (Å²) in [7, 11) is 1.58. The maximum absolute atomic E-state index is 13.6. The summed E-state index contributed by atoms with van der Waals surface area (Å²) in [6.45, 7) is 12.3. The van der Waals surface area contributed by atoms with Crippen molar-refractivity contribution in [3.05, 3.63) is 35.9 Å². The number of hydrogen-bond acceptors (Lipinski definition) is 11. The lowest BCUT2D eigenvalue weighted by Crippen LogP contribution is -2.60. The molecule has 0 unspecified atom stereocenters. The number of esters is 1. The number of ketones is 1. The van der Waals surface area contributed by atoms with E-state index in [1.54, 1.807) is 65.1 Å². The first-order valence-corrected chi connectivity index (χ1v) is 16.6. The molecule has 2 aliphatic heterocycles. The molecular weight excluding hydrogens is 610 g/mol. The fourth-order valence-corrected chi connectivity index (χ4v) is 7.22. The third kappa shape index (κ3) is 8.41. The molecule has 0 radical (unpaired) electrons. The Morgan fingerprint density at radius 1 is 0.979 bits per heavy atom. The van der Waals surface area contributed by atoms with Crippen LogP contribution in [-0.2, 0) is 23.8 Å². The minimum Gasteiger partial charge on any atom is -0.459 e. The van der Waals surface area contributed by atoms with Crippen molar-refractivity contribution in [2.24, 2.45) is 23.7 Å². The number of ether oxygens (including phenoxy) is 3. The molecule has 2 saturated heterocycles. The maximum Gasteiger partial charge on any atom is 0.311 e. The number of aliphatic hydroxyl groups excluding tert-OH is 3. The molecule has 1 aromatic carbocycles. The van der Waals surface area contributed by atoms with Crippen LogP contribution in [0.3, 0.4) is 0 Å². The van der Waals surface area contributed by atoms with Crippen LogP contribution in [0.15, 0.2) is 30.3 Å². The second-order valence-corrected chi connectivity index (χ2v) is 14.2. The molecule has 47 heavy (non-hydrogen) atoms. The molecular formula is C35H55NO11. The Balaban J connectivity index is 2.00. The predicted octanol–water partition coefficient (Wildman–Crippen LogP) is 2.07. The Bertz CT molecular complexity index is 1220. The second kappa shape index (κ2) is 15.4. The molecule has 0 bridgehead atoms. The third-order valence-electron chi connectivity index (χ3n) is 10.3. The third-order valence-corrected chi connectivity index (χ3v) is 10.3. The topological polar surface area (TPSA) is 183 Å². The molecule has 0 aromatic heterocycles. The van der Waals surface area contributed by atoms with Crippen LogP contribution in [0, 0.1) is 23.7 Å². The lowest BCUT2D eigenvalue weighted by atomic mass is 9.74. The predicted molar refractivity (Wildman–Crippen MR) is 172 cm³/mol. The lowest BCUT2D eigenvalue weighted by Gasteiger charge is -2.47. The van der Waals surface area contributed by atoms with Gasteiger partial charge in [-0.25, -0.2) is 0 Å². The van der Waals surface area contributed by atoms with Gasteiger partial charge in [-0.3, -0.25) is 14.4 Å². The Kier molecular flexibility index (Phi) is 12.8. The van der Waals surface area contributed by atoms with E-state index in [2.05, 4.69) is 0 Å². The number of cyclic esters (lactones) is 1. The van der Waals surface area contributed by atoms with Crippen LogP contribution < -0.4 is 0 Å². The number of nitrogens with zero attached hydrogens (tertiary/aromatic N) is 1. The molecule has 1 aromatic rings. The van der Waals surface area contributed by atoms with Gasteiger partial charge in [0.25, 0.3) is 5.91 Å². The van der Waals surface area contributed by atoms with Crippen LogP contribution in [0.25, 0.3) is 0 Å². The zero-order chi connectivity index (χ0) is 35.6. The van der Waals surface area contributed by atoms with Crippen molar-refractivity contribution >= 4 is 17.7 Å². The average Bonchev–Trinajstić information content (AvgIpc) is 3.03. The highest BCUT2D eigenvalue weighted by atomic mass is 16.7. The summed E-state index contributed by atoms with van der Waals surface area (Å²) in [5.74, 6) is -5.67. The summed E-state index contributed by atoms with van der Waals surface area (Å²) < 4.78 is 18.0. The summed E-state index contributed by atoms with van der Waals surface area (Å²) in [5, 5.41) is 57.4. The number of aliphatic hydroxyl groups is 5. The van der Waals surface area contributed by atoms with E-state index in [-0.39, 0.29) is 18.7 Å². The number of rotatable bonds is 5. The minimum atomic E-state index is -1.98. The van der Waals surface area contributed by atoms with E-state index >= 15 is 0 Å². The Hall–Kier alpha value is -2.45. The molecule has 3 rings (SSSR count). The molecule has 14 atom stereocenters. The summed E-state index contributed by atoms with van der Waals surface area (Å²) in [5.41, 5.74) is -3.38. The Morgan fingerprint density at radius 3 is 2.15 bits per heavy atom. The number of hydrogen-bond donors (Lipinski definition) is 5. The number of benzene rings is 1. The number of carbonyl (C=O) groups is 3. The van der Waals surface area contributed by atoms with E-state index < -0.39 is 95.6 Å². The Labute approximate surface area is 278 Å². The molecule has 2 fully saturated rings. The minimum absolute atomic E-state index is 0.128. The zero-order valence-corrected chi connectivity index (χ0v) is 29.1. The number of amides is 1. The highest BCUT2D eigenvalue weighted by molar-refractivity contribution is 5.94. The summed E-state index contributed by atoms with van der Waals surface area (Å²) in [4.78, 5) is 41.6. The first-order valence-electron chi connectivity index (χ1n) is 16.6. The van der Waals surface area contributed by atoms with E-state index in [4.69, 9.17) is 14.2 Å². The summed E-state index contributed by atoms with van der Waals surface area (Å²) >= 11 is 0. The fraction of sp³-hybridized carbons (Fsp3) is 0.743. The van der Waals surface area contributed by atoms with Gasteiger partial charge in [-0.05, 0) is 59.1 Å². The van der Waals surface area contributed by atoms with Crippen molar-refractivity contribution in [3.63, 3.8) is 0 Å². The van der Waals surface area contributed by atoms with Crippen molar-refractivity contribution in [2.45, 2.75) is 135 Å². The smallest absolute Gasteiger partial charge is 0.311 e. The molecule has 2 heterocycles. The van der Waals surface area contributed by atoms with Gasteiger partial charge in [-0.1, -0.05) is 45.9 Å². The molecule has 266 valence electrons. The standard InChI is InChI=1S/C35H55NO11/c1-10-25-35(8,44)29(40)20(4)26(37)18(2)17-34(7,43)30(21(5)27(38)22(6)32(42)46-25)47-33-28(39)24(16-19(3)45-33)36(9)31(41)23-14-12-11-13-15-23/h11-15,18-22,24-25,27-30,33,38-40,43-44H,10,16-17H2,1-9H3/t18-,19-,20+,21+,22-,24+,25-,27+,28-,29-,30-,33+,34-,35-/m1/s1. The molecule has 12 heteroatoms. The van der Waals surface area contributed by atoms with Gasteiger partial charge in [0.2, 0.25) is 0 Å². The fourth-order valence-electron chi connectivity index (χ4n) is 7.22. The van der Waals surface area contributed by atoms with Crippen molar-refractivity contribution in [3.8, 4) is 0 Å². The summed E-state index contributed by atoms with van der Waals surface area (Å²) in [6.07, 6.45) is -8.47. The molecule has 0 saturated carbocycles. The molecule has 0 spiro atoms. The molecule has 12 nitrogen and oxygen atoms in total. The van der Waals surface area contributed by atoms with Gasteiger partial charge in [-0.2, -0.15) is 0 Å². The number of carbonyl (C=O) groups excluding carboxylic acids is 3. The largest absolute Gasteiger partial charge is 0.459 e. The lowest BCUT2D eigenvalue weighted by molar-refractivity contribution is -0.298. The van der Waals surface area contributed by atoms with Crippen LogP contribution in [0.5, 0.6) is 0 Å². The second-order valence-electron chi connectivity index (χ2n) is 14.2. The van der Waals surface area contributed by atoms with E-state index in [0.717, 1.165) is 0 Å². The molecule has 5 N–H and O–H groups in total. The van der Waals surface area contributed by atoms with Gasteiger partial charge in [0.15, 0.2) is 6.29 Å². The first kappa shape index (κ1) is 39.0. The monoisotopic (exact) mass is 665 g/mol. The van der Waals surface area contributed by atoms with Gasteiger partial charge < -0.3 is 44.6 Å². The van der Waals surface area contributed by atoms with Crippen LogP contribution in [0.2, 0.25) is 0 Å². The quantitative estimate of drug-likeness (QED) is 0.290. The SMILES string of the molecule is CC[C@H]1OC(=O)[C@H](C)[C@@H](O)[C@H](C)[C@@H](O[C@@H]2O[C@H](C)C[C@H](N(C)C(=O)c3ccccc3)[C@H]2O)[C@](C)(O)C[C@@H](C)C(=O)[C@H](C)[C@@H](O)[C@]1(C)O. The number of likely N-dealkylation sites (N-methyl/N-ethyl adjacent to an activating group) is 1. The van der Waals surface area contributed by atoms with Crippen LogP contribution in [0.4, 0.5) is 0 Å². The maximum atomic E-state index is 13.6. The Morgan fingerprint density at radius 2 is 1.57 bits per heavy atom. The van der Waals surface area contributed by atoms with Crippen LogP contribution in [0.1, 0.15) is 85.0 Å². The zero-order valence-electron chi connectivity index (χ0n) is 29.1. The van der Waals surface area contributed by atoms with Crippen LogP contribution in [-0.4, -0.2) is 115 Å². The van der Waals surface area contributed by atoms with E-state index in [1.165, 1.54) is 32.6 Å². The summed E-state index contributed by atoms with van der Waals surface area (Å²) in [6, 6.07) is 7.91. The van der Waals surface area contributed by atoms with Gasteiger partial charge in [0.1, 0.15) is 23.6 Å².